The van der Waals surface area contributed by atoms with E-state index in [1.165, 1.54) is 6.20 Å². The summed E-state index contributed by atoms with van der Waals surface area (Å²) in [5.41, 5.74) is 1.49. The molecule has 1 aromatic carbocycles. The minimum Gasteiger partial charge on any atom is -0.347 e. The predicted octanol–water partition coefficient (Wildman–Crippen LogP) is 2.19. The van der Waals surface area contributed by atoms with E-state index in [1.54, 1.807) is 30.3 Å². The highest BCUT2D eigenvalue weighted by Crippen LogP contribution is 2.21. The van der Waals surface area contributed by atoms with E-state index in [9.17, 15) is 13.2 Å². The van der Waals surface area contributed by atoms with Crippen molar-refractivity contribution in [1.82, 2.24) is 19.7 Å². The third kappa shape index (κ3) is 5.03. The average Bonchev–Trinajstić information content (AvgIpc) is 2.59. The molecule has 142 valence electrons. The highest BCUT2D eigenvalue weighted by molar-refractivity contribution is 7.88. The van der Waals surface area contributed by atoms with Gasteiger partial charge in [-0.15, -0.1) is 0 Å². The highest BCUT2D eigenvalue weighted by atomic mass is 35.5. The van der Waals surface area contributed by atoms with Gasteiger partial charge in [-0.25, -0.2) is 23.1 Å². The van der Waals surface area contributed by atoms with E-state index < -0.39 is 10.0 Å². The molecule has 0 aliphatic carbocycles. The number of benzene rings is 1. The Kier molecular flexibility index (Phi) is 5.45. The van der Waals surface area contributed by atoms with Gasteiger partial charge in [0.05, 0.1) is 24.5 Å². The van der Waals surface area contributed by atoms with Crippen LogP contribution in [0.4, 0.5) is 5.95 Å². The van der Waals surface area contributed by atoms with E-state index in [0.717, 1.165) is 11.6 Å². The number of rotatable bonds is 6. The molecule has 0 bridgehead atoms. The van der Waals surface area contributed by atoms with Crippen LogP contribution in [-0.4, -0.2) is 29.6 Å². The first-order valence-electron chi connectivity index (χ1n) is 8.07. The van der Waals surface area contributed by atoms with Gasteiger partial charge in [0.1, 0.15) is 0 Å². The summed E-state index contributed by atoms with van der Waals surface area (Å²) in [6.07, 6.45) is 2.60. The minimum absolute atomic E-state index is 0.0550. The summed E-state index contributed by atoms with van der Waals surface area (Å²) >= 11 is 6.02. The van der Waals surface area contributed by atoms with Crippen LogP contribution in [0.15, 0.2) is 41.3 Å². The summed E-state index contributed by atoms with van der Waals surface area (Å²) in [4.78, 5) is 23.6. The molecule has 0 aliphatic rings. The van der Waals surface area contributed by atoms with Crippen LogP contribution in [0.1, 0.15) is 24.2 Å². The molecular weight excluding hydrogens is 390 g/mol. The number of fused-ring (bicyclic) bond motifs is 1. The number of pyridine rings is 1. The van der Waals surface area contributed by atoms with Gasteiger partial charge >= 0.3 is 0 Å². The number of halogens is 1. The van der Waals surface area contributed by atoms with Crippen molar-refractivity contribution in [2.45, 2.75) is 19.5 Å². The van der Waals surface area contributed by atoms with Crippen molar-refractivity contribution in [3.05, 3.63) is 63.2 Å². The Morgan fingerprint density at radius 1 is 1.26 bits per heavy atom. The SMILES string of the molecule is CC(Nc1nccc(CNS(C)(=O)=O)n1)c1cc2cc(Cl)ccc2[nH]c1=O. The maximum Gasteiger partial charge on any atom is 0.253 e. The zero-order valence-electron chi connectivity index (χ0n) is 14.7. The molecule has 2 heterocycles. The van der Waals surface area contributed by atoms with Crippen molar-refractivity contribution in [2.24, 2.45) is 0 Å². The molecule has 0 spiro atoms. The Bertz CT molecular complexity index is 1150. The molecule has 10 heteroatoms. The van der Waals surface area contributed by atoms with Gasteiger partial charge in [0.15, 0.2) is 0 Å². The minimum atomic E-state index is -3.32. The van der Waals surface area contributed by atoms with Crippen LogP contribution in [0.2, 0.25) is 5.02 Å². The molecule has 3 N–H and O–H groups in total. The fourth-order valence-corrected chi connectivity index (χ4v) is 3.15. The van der Waals surface area contributed by atoms with Crippen LogP contribution in [0.3, 0.4) is 0 Å². The molecule has 1 unspecified atom stereocenters. The van der Waals surface area contributed by atoms with E-state index in [2.05, 4.69) is 25.0 Å². The third-order valence-electron chi connectivity index (χ3n) is 3.88. The first kappa shape index (κ1) is 19.3. The lowest BCUT2D eigenvalue weighted by Crippen LogP contribution is -2.23. The van der Waals surface area contributed by atoms with Crippen molar-refractivity contribution in [2.75, 3.05) is 11.6 Å². The maximum atomic E-state index is 12.4. The Hall–Kier alpha value is -2.49. The van der Waals surface area contributed by atoms with Crippen molar-refractivity contribution in [3.63, 3.8) is 0 Å². The second-order valence-corrected chi connectivity index (χ2v) is 8.39. The van der Waals surface area contributed by atoms with Crippen molar-refractivity contribution in [3.8, 4) is 0 Å². The van der Waals surface area contributed by atoms with Gasteiger partial charge in [0, 0.05) is 27.7 Å². The van der Waals surface area contributed by atoms with Crippen LogP contribution < -0.4 is 15.6 Å². The van der Waals surface area contributed by atoms with E-state index in [4.69, 9.17) is 11.6 Å². The monoisotopic (exact) mass is 407 g/mol. The molecule has 0 saturated carbocycles. The molecule has 0 fully saturated rings. The molecule has 3 aromatic rings. The van der Waals surface area contributed by atoms with Crippen LogP contribution in [-0.2, 0) is 16.6 Å². The first-order chi connectivity index (χ1) is 12.7. The number of aromatic nitrogens is 3. The van der Waals surface area contributed by atoms with Crippen molar-refractivity contribution in [1.29, 1.82) is 0 Å². The Labute approximate surface area is 161 Å². The predicted molar refractivity (Wildman–Crippen MR) is 105 cm³/mol. The van der Waals surface area contributed by atoms with Crippen molar-refractivity contribution >= 4 is 38.5 Å². The quantitative estimate of drug-likeness (QED) is 0.576. The van der Waals surface area contributed by atoms with Gasteiger partial charge in [0.2, 0.25) is 16.0 Å². The third-order valence-corrected chi connectivity index (χ3v) is 4.78. The normalized spacial score (nSPS) is 12.9. The van der Waals surface area contributed by atoms with E-state index in [1.807, 2.05) is 6.92 Å². The topological polar surface area (TPSA) is 117 Å². The summed E-state index contributed by atoms with van der Waals surface area (Å²) in [6, 6.07) is 8.24. The summed E-state index contributed by atoms with van der Waals surface area (Å²) < 4.78 is 24.8. The molecule has 0 amide bonds. The van der Waals surface area contributed by atoms with Gasteiger partial charge in [0.25, 0.3) is 5.56 Å². The summed E-state index contributed by atoms with van der Waals surface area (Å²) in [6.45, 7) is 1.87. The van der Waals surface area contributed by atoms with Gasteiger partial charge in [-0.05, 0) is 37.3 Å². The lowest BCUT2D eigenvalue weighted by molar-refractivity contribution is 0.586. The largest absolute Gasteiger partial charge is 0.347 e. The molecule has 2 aromatic heterocycles. The molecule has 27 heavy (non-hydrogen) atoms. The Morgan fingerprint density at radius 2 is 2.04 bits per heavy atom. The number of sulfonamides is 1. The highest BCUT2D eigenvalue weighted by Gasteiger charge is 2.13. The summed E-state index contributed by atoms with van der Waals surface area (Å²) in [5.74, 6) is 0.292. The number of anilines is 1. The van der Waals surface area contributed by atoms with E-state index in [0.29, 0.717) is 27.7 Å². The fourth-order valence-electron chi connectivity index (χ4n) is 2.56. The zero-order valence-corrected chi connectivity index (χ0v) is 16.2. The smallest absolute Gasteiger partial charge is 0.253 e. The number of hydrogen-bond donors (Lipinski definition) is 3. The molecule has 8 nitrogen and oxygen atoms in total. The van der Waals surface area contributed by atoms with Crippen LogP contribution in [0.25, 0.3) is 10.9 Å². The number of hydrogen-bond acceptors (Lipinski definition) is 6. The Morgan fingerprint density at radius 3 is 2.78 bits per heavy atom. The maximum absolute atomic E-state index is 12.4. The van der Waals surface area contributed by atoms with Crippen LogP contribution in [0, 0.1) is 0 Å². The molecule has 3 rings (SSSR count). The number of nitrogens with one attached hydrogen (secondary N) is 3. The van der Waals surface area contributed by atoms with Gasteiger partial charge < -0.3 is 10.3 Å². The summed E-state index contributed by atoms with van der Waals surface area (Å²) in [7, 11) is -3.32. The molecule has 0 saturated heterocycles. The number of H-pyrrole nitrogens is 1. The molecule has 1 atom stereocenters. The second-order valence-electron chi connectivity index (χ2n) is 6.12. The van der Waals surface area contributed by atoms with Crippen molar-refractivity contribution < 1.29 is 8.42 Å². The van der Waals surface area contributed by atoms with Gasteiger partial charge in [-0.3, -0.25) is 4.79 Å². The van der Waals surface area contributed by atoms with Crippen LogP contribution in [0.5, 0.6) is 0 Å². The Balaban J connectivity index is 1.83. The fraction of sp³-hybridized carbons (Fsp3) is 0.235. The zero-order chi connectivity index (χ0) is 19.6. The summed E-state index contributed by atoms with van der Waals surface area (Å²) in [5, 5.41) is 4.46. The first-order valence-corrected chi connectivity index (χ1v) is 10.3. The van der Waals surface area contributed by atoms with E-state index >= 15 is 0 Å². The molecule has 0 aliphatic heterocycles. The lowest BCUT2D eigenvalue weighted by Gasteiger charge is -2.14. The number of nitrogens with zero attached hydrogens (tertiary/aromatic N) is 2. The lowest BCUT2D eigenvalue weighted by atomic mass is 10.1. The van der Waals surface area contributed by atoms with Gasteiger partial charge in [-0.1, -0.05) is 11.6 Å². The molecule has 0 radical (unpaired) electrons. The standard InChI is InChI=1S/C17H18ClN5O3S/c1-10(14-8-11-7-12(18)3-4-15(11)23-16(14)24)21-17-19-6-5-13(22-17)9-20-27(2,25)26/h3-8,10,20H,9H2,1-2H3,(H,23,24)(H,19,21,22). The second kappa shape index (κ2) is 7.63. The molecular formula is C17H18ClN5O3S. The van der Waals surface area contributed by atoms with Crippen LogP contribution >= 0.6 is 11.6 Å². The average molecular weight is 408 g/mol. The van der Waals surface area contributed by atoms with Gasteiger partial charge in [-0.2, -0.15) is 0 Å². The number of aromatic amines is 1. The van der Waals surface area contributed by atoms with E-state index in [-0.39, 0.29) is 18.1 Å².